The van der Waals surface area contributed by atoms with Crippen LogP contribution in [0.5, 0.6) is 0 Å². The van der Waals surface area contributed by atoms with Crippen molar-refractivity contribution in [2.75, 3.05) is 19.6 Å². The molecule has 3 heterocycles. The van der Waals surface area contributed by atoms with Crippen LogP contribution in [0.25, 0.3) is 10.8 Å². The molecule has 0 spiro atoms. The molecule has 1 heteroatoms. The van der Waals surface area contributed by atoms with Gasteiger partial charge < -0.3 is 4.90 Å². The summed E-state index contributed by atoms with van der Waals surface area (Å²) in [7, 11) is 0. The van der Waals surface area contributed by atoms with E-state index in [0.717, 1.165) is 11.8 Å². The molecule has 2 aromatic rings. The highest BCUT2D eigenvalue weighted by molar-refractivity contribution is 5.83. The molecule has 0 N–H and O–H groups in total. The van der Waals surface area contributed by atoms with Crippen LogP contribution in [0.4, 0.5) is 0 Å². The van der Waals surface area contributed by atoms with Gasteiger partial charge in [-0.05, 0) is 54.1 Å². The van der Waals surface area contributed by atoms with Gasteiger partial charge in [0.2, 0.25) is 0 Å². The van der Waals surface area contributed by atoms with E-state index in [4.69, 9.17) is 0 Å². The molecular weight excluding hydrogens is 218 g/mol. The maximum atomic E-state index is 2.64. The van der Waals surface area contributed by atoms with E-state index in [1.54, 1.807) is 5.56 Å². The topological polar surface area (TPSA) is 3.24 Å². The number of hydrogen-bond donors (Lipinski definition) is 0. The smallest absolute Gasteiger partial charge is 0.00530 e. The van der Waals surface area contributed by atoms with Gasteiger partial charge in [0.15, 0.2) is 0 Å². The van der Waals surface area contributed by atoms with Crippen LogP contribution in [0.2, 0.25) is 0 Å². The Morgan fingerprint density at radius 2 is 1.67 bits per heavy atom. The number of piperidine rings is 3. The van der Waals surface area contributed by atoms with Gasteiger partial charge in [0.1, 0.15) is 0 Å². The molecule has 3 fully saturated rings. The maximum Gasteiger partial charge on any atom is 0.00530 e. The van der Waals surface area contributed by atoms with E-state index in [1.807, 2.05) is 0 Å². The van der Waals surface area contributed by atoms with E-state index < -0.39 is 0 Å². The zero-order chi connectivity index (χ0) is 11.9. The molecule has 1 atom stereocenters. The van der Waals surface area contributed by atoms with E-state index in [2.05, 4.69) is 47.4 Å². The fraction of sp³-hybridized carbons (Fsp3) is 0.412. The lowest BCUT2D eigenvalue weighted by Crippen LogP contribution is -2.46. The third kappa shape index (κ3) is 1.65. The molecule has 0 aromatic heterocycles. The number of benzene rings is 2. The fourth-order valence-corrected chi connectivity index (χ4v) is 3.78. The molecule has 2 bridgehead atoms. The van der Waals surface area contributed by atoms with Crippen molar-refractivity contribution in [3.05, 3.63) is 48.0 Å². The van der Waals surface area contributed by atoms with Crippen molar-refractivity contribution in [1.29, 1.82) is 0 Å². The highest BCUT2D eigenvalue weighted by Gasteiger charge is 2.34. The summed E-state index contributed by atoms with van der Waals surface area (Å²) in [5, 5.41) is 2.76. The van der Waals surface area contributed by atoms with Crippen LogP contribution in [0.3, 0.4) is 0 Å². The van der Waals surface area contributed by atoms with Crippen LogP contribution < -0.4 is 0 Å². The quantitative estimate of drug-likeness (QED) is 0.732. The Hall–Kier alpha value is -1.34. The van der Waals surface area contributed by atoms with E-state index in [9.17, 15) is 0 Å². The second kappa shape index (κ2) is 4.10. The van der Waals surface area contributed by atoms with Crippen LogP contribution in [-0.2, 0) is 0 Å². The predicted octanol–water partition coefficient (Wildman–Crippen LogP) is 3.65. The highest BCUT2D eigenvalue weighted by Crippen LogP contribution is 2.39. The summed E-state index contributed by atoms with van der Waals surface area (Å²) in [6.45, 7) is 3.94. The first kappa shape index (κ1) is 10.6. The normalized spacial score (nSPS) is 30.8. The molecule has 18 heavy (non-hydrogen) atoms. The number of fused-ring (bicyclic) bond motifs is 4. The molecule has 0 amide bonds. The number of hydrogen-bond acceptors (Lipinski definition) is 1. The van der Waals surface area contributed by atoms with Crippen molar-refractivity contribution in [2.45, 2.75) is 18.8 Å². The van der Waals surface area contributed by atoms with Crippen LogP contribution in [0, 0.1) is 5.92 Å². The highest BCUT2D eigenvalue weighted by atomic mass is 15.1. The Morgan fingerprint density at radius 1 is 0.889 bits per heavy atom. The summed E-state index contributed by atoms with van der Waals surface area (Å²) in [5.74, 6) is 1.70. The van der Waals surface area contributed by atoms with Crippen molar-refractivity contribution in [2.24, 2.45) is 5.92 Å². The largest absolute Gasteiger partial charge is 0.303 e. The van der Waals surface area contributed by atoms with Gasteiger partial charge in [-0.3, -0.25) is 0 Å². The molecule has 1 unspecified atom stereocenters. The maximum absolute atomic E-state index is 2.64. The minimum absolute atomic E-state index is 0.775. The molecule has 0 radical (unpaired) electrons. The van der Waals surface area contributed by atoms with Crippen molar-refractivity contribution in [3.8, 4) is 0 Å². The SMILES string of the molecule is c1ccc2cc(C3CN4CCC3CC4)ccc2c1. The number of rotatable bonds is 1. The van der Waals surface area contributed by atoms with Crippen LogP contribution in [0.1, 0.15) is 24.3 Å². The minimum atomic E-state index is 0.775. The van der Waals surface area contributed by atoms with Gasteiger partial charge in [0.05, 0.1) is 0 Å². The second-order valence-corrected chi connectivity index (χ2v) is 5.85. The molecular formula is C17H19N. The summed E-state index contributed by atoms with van der Waals surface area (Å²) in [4.78, 5) is 2.64. The summed E-state index contributed by atoms with van der Waals surface area (Å²) in [6.07, 6.45) is 2.80. The van der Waals surface area contributed by atoms with Crippen molar-refractivity contribution >= 4 is 10.8 Å². The van der Waals surface area contributed by atoms with E-state index >= 15 is 0 Å². The Kier molecular flexibility index (Phi) is 2.41. The average Bonchev–Trinajstić information content (AvgIpc) is 2.48. The van der Waals surface area contributed by atoms with E-state index in [-0.39, 0.29) is 0 Å². The van der Waals surface area contributed by atoms with Gasteiger partial charge in [0.25, 0.3) is 0 Å². The molecule has 5 rings (SSSR count). The molecule has 0 aliphatic carbocycles. The molecule has 2 aromatic carbocycles. The first-order valence-corrected chi connectivity index (χ1v) is 7.11. The van der Waals surface area contributed by atoms with Crippen molar-refractivity contribution in [3.63, 3.8) is 0 Å². The second-order valence-electron chi connectivity index (χ2n) is 5.85. The Balaban J connectivity index is 1.74. The van der Waals surface area contributed by atoms with Gasteiger partial charge in [-0.25, -0.2) is 0 Å². The first-order valence-electron chi connectivity index (χ1n) is 7.11. The summed E-state index contributed by atoms with van der Waals surface area (Å²) < 4.78 is 0. The number of nitrogens with zero attached hydrogens (tertiary/aromatic N) is 1. The van der Waals surface area contributed by atoms with E-state index in [0.29, 0.717) is 0 Å². The Bertz CT molecular complexity index is 567. The summed E-state index contributed by atoms with van der Waals surface area (Å²) in [5.41, 5.74) is 1.56. The zero-order valence-electron chi connectivity index (χ0n) is 10.7. The molecule has 3 aliphatic heterocycles. The van der Waals surface area contributed by atoms with Crippen LogP contribution in [-0.4, -0.2) is 24.5 Å². The van der Waals surface area contributed by atoms with Crippen LogP contribution in [0.15, 0.2) is 42.5 Å². The van der Waals surface area contributed by atoms with Gasteiger partial charge in [-0.15, -0.1) is 0 Å². The van der Waals surface area contributed by atoms with Gasteiger partial charge in [-0.1, -0.05) is 42.5 Å². The molecule has 3 saturated heterocycles. The molecule has 0 saturated carbocycles. The Morgan fingerprint density at radius 3 is 2.39 bits per heavy atom. The lowest BCUT2D eigenvalue weighted by molar-refractivity contribution is 0.0871. The monoisotopic (exact) mass is 237 g/mol. The lowest BCUT2D eigenvalue weighted by atomic mass is 9.75. The zero-order valence-corrected chi connectivity index (χ0v) is 10.7. The van der Waals surface area contributed by atoms with Crippen molar-refractivity contribution < 1.29 is 0 Å². The van der Waals surface area contributed by atoms with Gasteiger partial charge in [-0.2, -0.15) is 0 Å². The molecule has 3 aliphatic rings. The minimum Gasteiger partial charge on any atom is -0.303 e. The first-order chi connectivity index (χ1) is 8.90. The van der Waals surface area contributed by atoms with Gasteiger partial charge in [0, 0.05) is 6.54 Å². The summed E-state index contributed by atoms with van der Waals surface area (Å²) >= 11 is 0. The standard InChI is InChI=1S/C17H19N/c1-2-4-15-11-16(6-5-13(15)3-1)17-12-18-9-7-14(17)8-10-18/h1-6,11,14,17H,7-10,12H2. The predicted molar refractivity (Wildman–Crippen MR) is 75.9 cm³/mol. The van der Waals surface area contributed by atoms with Crippen molar-refractivity contribution in [1.82, 2.24) is 4.90 Å². The fourth-order valence-electron chi connectivity index (χ4n) is 3.78. The third-order valence-corrected chi connectivity index (χ3v) is 4.86. The third-order valence-electron chi connectivity index (χ3n) is 4.86. The van der Waals surface area contributed by atoms with E-state index in [1.165, 1.54) is 43.2 Å². The Labute approximate surface area is 108 Å². The summed E-state index contributed by atoms with van der Waals surface area (Å²) in [6, 6.07) is 15.8. The van der Waals surface area contributed by atoms with Crippen LogP contribution >= 0.6 is 0 Å². The lowest BCUT2D eigenvalue weighted by Gasteiger charge is -2.45. The van der Waals surface area contributed by atoms with Gasteiger partial charge >= 0.3 is 0 Å². The molecule has 92 valence electrons. The average molecular weight is 237 g/mol. The molecule has 1 nitrogen and oxygen atoms in total.